The Bertz CT molecular complexity index is 403. The molecule has 2 unspecified atom stereocenters. The third kappa shape index (κ3) is 3.16. The second kappa shape index (κ2) is 6.09. The highest BCUT2D eigenvalue weighted by atomic mass is 16.5. The van der Waals surface area contributed by atoms with Crippen molar-refractivity contribution in [2.24, 2.45) is 5.92 Å². The summed E-state index contributed by atoms with van der Waals surface area (Å²) in [6.45, 7) is 2.32. The molecule has 0 radical (unpaired) electrons. The van der Waals surface area contributed by atoms with Gasteiger partial charge in [-0.25, -0.2) is 0 Å². The zero-order chi connectivity index (χ0) is 13.0. The lowest BCUT2D eigenvalue weighted by molar-refractivity contribution is -0.122. The standard InChI is InChI=1S/C13H20N2O3/c1-3-9-4-5-10(6-9)13-14-12(18-15-13)7-11(16)8-17-2/h9-10H,3-8H2,1-2H3. The molecule has 2 atom stereocenters. The Morgan fingerprint density at radius 2 is 2.33 bits per heavy atom. The van der Waals surface area contributed by atoms with Crippen LogP contribution < -0.4 is 0 Å². The molecule has 100 valence electrons. The number of hydrogen-bond acceptors (Lipinski definition) is 5. The van der Waals surface area contributed by atoms with E-state index < -0.39 is 0 Å². The number of nitrogens with zero attached hydrogens (tertiary/aromatic N) is 2. The van der Waals surface area contributed by atoms with E-state index in [1.807, 2.05) is 0 Å². The number of hydrogen-bond donors (Lipinski definition) is 0. The summed E-state index contributed by atoms with van der Waals surface area (Å²) in [7, 11) is 1.50. The third-order valence-electron chi connectivity index (χ3n) is 3.62. The Labute approximate surface area is 107 Å². The van der Waals surface area contributed by atoms with E-state index in [1.165, 1.54) is 20.0 Å². The molecule has 0 spiro atoms. The highest BCUT2D eigenvalue weighted by molar-refractivity contribution is 5.81. The van der Waals surface area contributed by atoms with E-state index in [0.29, 0.717) is 11.8 Å². The molecular weight excluding hydrogens is 232 g/mol. The van der Waals surface area contributed by atoms with Gasteiger partial charge in [0, 0.05) is 13.0 Å². The van der Waals surface area contributed by atoms with Crippen molar-refractivity contribution in [3.8, 4) is 0 Å². The smallest absolute Gasteiger partial charge is 0.234 e. The SMILES string of the molecule is CCC1CCC(c2noc(CC(=O)COC)n2)C1. The van der Waals surface area contributed by atoms with Crippen molar-refractivity contribution < 1.29 is 14.1 Å². The van der Waals surface area contributed by atoms with Crippen LogP contribution in [0.5, 0.6) is 0 Å². The molecule has 0 N–H and O–H groups in total. The van der Waals surface area contributed by atoms with Gasteiger partial charge < -0.3 is 9.26 Å². The molecule has 0 amide bonds. The summed E-state index contributed by atoms with van der Waals surface area (Å²) < 4.78 is 9.90. The van der Waals surface area contributed by atoms with E-state index >= 15 is 0 Å². The van der Waals surface area contributed by atoms with Gasteiger partial charge in [-0.15, -0.1) is 0 Å². The van der Waals surface area contributed by atoms with Crippen molar-refractivity contribution in [3.63, 3.8) is 0 Å². The summed E-state index contributed by atoms with van der Waals surface area (Å²) in [5.41, 5.74) is 0. The summed E-state index contributed by atoms with van der Waals surface area (Å²) >= 11 is 0. The monoisotopic (exact) mass is 252 g/mol. The Morgan fingerprint density at radius 3 is 3.00 bits per heavy atom. The van der Waals surface area contributed by atoms with Crippen LogP contribution in [0, 0.1) is 5.92 Å². The van der Waals surface area contributed by atoms with E-state index in [0.717, 1.165) is 24.6 Å². The van der Waals surface area contributed by atoms with Crippen molar-refractivity contribution in [2.75, 3.05) is 13.7 Å². The fraction of sp³-hybridized carbons (Fsp3) is 0.769. The van der Waals surface area contributed by atoms with E-state index in [9.17, 15) is 4.79 Å². The number of carbonyl (C=O) groups is 1. The third-order valence-corrected chi connectivity index (χ3v) is 3.62. The molecule has 5 nitrogen and oxygen atoms in total. The number of ether oxygens (including phenoxy) is 1. The summed E-state index contributed by atoms with van der Waals surface area (Å²) in [4.78, 5) is 15.7. The maximum Gasteiger partial charge on any atom is 0.234 e. The first-order valence-electron chi connectivity index (χ1n) is 6.56. The molecule has 1 aliphatic carbocycles. The van der Waals surface area contributed by atoms with Crippen molar-refractivity contribution in [1.82, 2.24) is 10.1 Å². The zero-order valence-electron chi connectivity index (χ0n) is 11.0. The minimum absolute atomic E-state index is 0.0365. The van der Waals surface area contributed by atoms with Gasteiger partial charge in [0.2, 0.25) is 5.89 Å². The van der Waals surface area contributed by atoms with Crippen LogP contribution in [0.1, 0.15) is 50.2 Å². The molecule has 0 aromatic carbocycles. The molecule has 1 fully saturated rings. The largest absolute Gasteiger partial charge is 0.377 e. The van der Waals surface area contributed by atoms with Crippen molar-refractivity contribution in [1.29, 1.82) is 0 Å². The van der Waals surface area contributed by atoms with Crippen LogP contribution in [-0.2, 0) is 16.0 Å². The van der Waals surface area contributed by atoms with E-state index in [1.54, 1.807) is 0 Å². The normalized spacial score (nSPS) is 23.4. The van der Waals surface area contributed by atoms with Crippen molar-refractivity contribution >= 4 is 5.78 Å². The Kier molecular flexibility index (Phi) is 4.47. The first-order valence-corrected chi connectivity index (χ1v) is 6.56. The minimum Gasteiger partial charge on any atom is -0.377 e. The lowest BCUT2D eigenvalue weighted by atomic mass is 10.0. The maximum atomic E-state index is 11.4. The lowest BCUT2D eigenvalue weighted by Gasteiger charge is -2.04. The van der Waals surface area contributed by atoms with Crippen molar-refractivity contribution in [2.45, 2.75) is 44.9 Å². The molecule has 1 saturated carbocycles. The maximum absolute atomic E-state index is 11.4. The van der Waals surface area contributed by atoms with Gasteiger partial charge in [0.15, 0.2) is 11.6 Å². The number of rotatable bonds is 6. The number of aromatic nitrogens is 2. The zero-order valence-corrected chi connectivity index (χ0v) is 11.0. The second-order valence-corrected chi connectivity index (χ2v) is 4.98. The molecule has 2 rings (SSSR count). The molecule has 0 aliphatic heterocycles. The fourth-order valence-electron chi connectivity index (χ4n) is 2.57. The second-order valence-electron chi connectivity index (χ2n) is 4.98. The fourth-order valence-corrected chi connectivity index (χ4v) is 2.57. The quantitative estimate of drug-likeness (QED) is 0.776. The predicted octanol–water partition coefficient (Wildman–Crippen LogP) is 2.12. The molecule has 1 aromatic rings. The van der Waals surface area contributed by atoms with Crippen LogP contribution >= 0.6 is 0 Å². The molecule has 0 bridgehead atoms. The van der Waals surface area contributed by atoms with Gasteiger partial charge >= 0.3 is 0 Å². The summed E-state index contributed by atoms with van der Waals surface area (Å²) in [6.07, 6.45) is 4.90. The highest BCUT2D eigenvalue weighted by Gasteiger charge is 2.28. The molecule has 5 heteroatoms. The van der Waals surface area contributed by atoms with Crippen LogP contribution in [-0.4, -0.2) is 29.6 Å². The van der Waals surface area contributed by atoms with Gasteiger partial charge in [-0.3, -0.25) is 4.79 Å². The van der Waals surface area contributed by atoms with E-state index in [4.69, 9.17) is 9.26 Å². The average Bonchev–Trinajstić information content (AvgIpc) is 2.96. The van der Waals surface area contributed by atoms with E-state index in [-0.39, 0.29) is 18.8 Å². The van der Waals surface area contributed by atoms with Gasteiger partial charge in [0.05, 0.1) is 6.42 Å². The number of methoxy groups -OCH3 is 1. The topological polar surface area (TPSA) is 65.2 Å². The summed E-state index contributed by atoms with van der Waals surface area (Å²) in [5.74, 6) is 2.33. The molecule has 0 saturated heterocycles. The molecular formula is C13H20N2O3. The predicted molar refractivity (Wildman–Crippen MR) is 65.3 cm³/mol. The number of Topliss-reactive ketones (excluding diaryl/α,β-unsaturated/α-hetero) is 1. The highest BCUT2D eigenvalue weighted by Crippen LogP contribution is 2.38. The molecule has 1 aliphatic rings. The number of ketones is 1. The van der Waals surface area contributed by atoms with Crippen LogP contribution in [0.15, 0.2) is 4.52 Å². The van der Waals surface area contributed by atoms with Gasteiger partial charge in [0.1, 0.15) is 6.61 Å². The van der Waals surface area contributed by atoms with Crippen LogP contribution in [0.2, 0.25) is 0 Å². The molecule has 1 heterocycles. The van der Waals surface area contributed by atoms with Crippen LogP contribution in [0.3, 0.4) is 0 Å². The first kappa shape index (κ1) is 13.2. The van der Waals surface area contributed by atoms with Gasteiger partial charge in [-0.05, 0) is 25.2 Å². The van der Waals surface area contributed by atoms with E-state index in [2.05, 4.69) is 17.1 Å². The summed E-state index contributed by atoms with van der Waals surface area (Å²) in [5, 5.41) is 4.00. The molecule has 18 heavy (non-hydrogen) atoms. The average molecular weight is 252 g/mol. The van der Waals surface area contributed by atoms with Crippen LogP contribution in [0.25, 0.3) is 0 Å². The van der Waals surface area contributed by atoms with Gasteiger partial charge in [0.25, 0.3) is 0 Å². The summed E-state index contributed by atoms with van der Waals surface area (Å²) in [6, 6.07) is 0. The first-order chi connectivity index (χ1) is 8.72. The van der Waals surface area contributed by atoms with Crippen LogP contribution in [0.4, 0.5) is 0 Å². The number of carbonyl (C=O) groups excluding carboxylic acids is 1. The Hall–Kier alpha value is -1.23. The lowest BCUT2D eigenvalue weighted by Crippen LogP contribution is -2.10. The Morgan fingerprint density at radius 1 is 1.50 bits per heavy atom. The van der Waals surface area contributed by atoms with Crippen molar-refractivity contribution in [3.05, 3.63) is 11.7 Å². The van der Waals surface area contributed by atoms with Gasteiger partial charge in [-0.1, -0.05) is 18.5 Å². The minimum atomic E-state index is -0.0365. The Balaban J connectivity index is 1.92. The van der Waals surface area contributed by atoms with Gasteiger partial charge in [-0.2, -0.15) is 4.98 Å². The molecule has 1 aromatic heterocycles.